The summed E-state index contributed by atoms with van der Waals surface area (Å²) in [5.41, 5.74) is 11.5. The Morgan fingerprint density at radius 1 is 1.12 bits per heavy atom. The van der Waals surface area contributed by atoms with E-state index in [1.807, 2.05) is 60.0 Å². The van der Waals surface area contributed by atoms with E-state index in [-0.39, 0.29) is 37.4 Å². The molecule has 0 radical (unpaired) electrons. The maximum Gasteiger partial charge on any atom is 0.227 e. The van der Waals surface area contributed by atoms with Gasteiger partial charge in [0, 0.05) is 32.8 Å². The molecule has 3 heterocycles. The highest BCUT2D eigenvalue weighted by atomic mass is 35.5. The van der Waals surface area contributed by atoms with E-state index in [1.165, 1.54) is 4.88 Å². The summed E-state index contributed by atoms with van der Waals surface area (Å²) in [5, 5.41) is 22.6. The molecule has 1 aliphatic rings. The predicted molar refractivity (Wildman–Crippen MR) is 164 cm³/mol. The number of aliphatic hydroxyl groups is 1. The molecule has 1 aliphatic heterocycles. The maximum absolute atomic E-state index is 13.3. The summed E-state index contributed by atoms with van der Waals surface area (Å²) >= 11 is 7.87. The van der Waals surface area contributed by atoms with E-state index in [1.54, 1.807) is 11.3 Å². The molecule has 40 heavy (non-hydrogen) atoms. The van der Waals surface area contributed by atoms with E-state index in [9.17, 15) is 4.79 Å². The number of aliphatic imine (C=N–C) groups is 1. The van der Waals surface area contributed by atoms with E-state index in [0.29, 0.717) is 23.0 Å². The number of anilines is 1. The first-order valence-electron chi connectivity index (χ1n) is 12.9. The molecule has 11 heteroatoms. The number of nitrogens with zero attached hydrogens (tertiary/aromatic N) is 4. The van der Waals surface area contributed by atoms with E-state index in [2.05, 4.69) is 29.4 Å². The van der Waals surface area contributed by atoms with Gasteiger partial charge in [-0.05, 0) is 69.0 Å². The van der Waals surface area contributed by atoms with Crippen LogP contribution < -0.4 is 11.1 Å². The van der Waals surface area contributed by atoms with Crippen molar-refractivity contribution in [1.29, 1.82) is 0 Å². The predicted octanol–water partition coefficient (Wildman–Crippen LogP) is 5.50. The van der Waals surface area contributed by atoms with Crippen LogP contribution in [0.25, 0.3) is 5.00 Å². The molecular formula is C29H32Cl2N6O2S. The van der Waals surface area contributed by atoms with Crippen LogP contribution in [0.15, 0.2) is 53.5 Å². The Kier molecular flexibility index (Phi) is 9.43. The highest BCUT2D eigenvalue weighted by Crippen LogP contribution is 2.39. The fraction of sp³-hybridized carbons (Fsp3) is 0.310. The number of carbonyl (C=O) groups is 1. The minimum atomic E-state index is -0.532. The van der Waals surface area contributed by atoms with Gasteiger partial charge < -0.3 is 16.2 Å². The molecule has 2 aromatic heterocycles. The summed E-state index contributed by atoms with van der Waals surface area (Å²) in [4.78, 5) is 19.6. The van der Waals surface area contributed by atoms with Crippen molar-refractivity contribution in [2.24, 2.45) is 10.7 Å². The topological polar surface area (TPSA) is 118 Å². The van der Waals surface area contributed by atoms with Crippen molar-refractivity contribution in [3.05, 3.63) is 92.3 Å². The number of rotatable bonds is 8. The van der Waals surface area contributed by atoms with E-state index < -0.39 is 6.04 Å². The smallest absolute Gasteiger partial charge is 0.227 e. The number of hydrogen-bond donors (Lipinski definition) is 3. The maximum atomic E-state index is 13.3. The Balaban J connectivity index is 0.00000370. The molecule has 2 aromatic carbocycles. The lowest BCUT2D eigenvalue weighted by Gasteiger charge is -2.13. The summed E-state index contributed by atoms with van der Waals surface area (Å²) in [5.74, 6) is 1.23. The van der Waals surface area contributed by atoms with Gasteiger partial charge in [0.15, 0.2) is 5.82 Å². The Labute approximate surface area is 248 Å². The molecule has 1 amide bonds. The number of aryl methyl sites for hydroxylation is 3. The fourth-order valence-corrected chi connectivity index (χ4v) is 6.06. The minimum Gasteiger partial charge on any atom is -0.395 e. The number of amides is 1. The Morgan fingerprint density at radius 3 is 2.50 bits per heavy atom. The molecule has 4 aromatic rings. The second-order valence-corrected chi connectivity index (χ2v) is 11.5. The van der Waals surface area contributed by atoms with Crippen molar-refractivity contribution in [2.45, 2.75) is 52.1 Å². The van der Waals surface area contributed by atoms with Crippen LogP contribution in [0.4, 0.5) is 5.69 Å². The third kappa shape index (κ3) is 6.14. The number of benzene rings is 2. The van der Waals surface area contributed by atoms with Crippen molar-refractivity contribution < 1.29 is 9.90 Å². The number of aliphatic hydroxyl groups excluding tert-OH is 1. The zero-order valence-corrected chi connectivity index (χ0v) is 24.9. The van der Waals surface area contributed by atoms with E-state index in [4.69, 9.17) is 27.4 Å². The lowest BCUT2D eigenvalue weighted by atomic mass is 9.99. The van der Waals surface area contributed by atoms with Crippen LogP contribution in [0, 0.1) is 20.8 Å². The second kappa shape index (κ2) is 12.6. The summed E-state index contributed by atoms with van der Waals surface area (Å²) in [7, 11) is 0. The van der Waals surface area contributed by atoms with E-state index >= 15 is 0 Å². The van der Waals surface area contributed by atoms with Crippen molar-refractivity contribution in [3.63, 3.8) is 0 Å². The molecule has 0 spiro atoms. The summed E-state index contributed by atoms with van der Waals surface area (Å²) in [6.45, 7) is 6.09. The molecule has 4 N–H and O–H groups in total. The van der Waals surface area contributed by atoms with Crippen molar-refractivity contribution in [3.8, 4) is 5.00 Å². The molecular weight excluding hydrogens is 567 g/mol. The molecule has 0 aliphatic carbocycles. The van der Waals surface area contributed by atoms with Crippen molar-refractivity contribution in [1.82, 2.24) is 14.8 Å². The molecule has 1 unspecified atom stereocenters. The number of thiophene rings is 1. The second-order valence-electron chi connectivity index (χ2n) is 9.84. The molecule has 0 saturated carbocycles. The van der Waals surface area contributed by atoms with Gasteiger partial charge in [0.1, 0.15) is 16.9 Å². The third-order valence-electron chi connectivity index (χ3n) is 7.01. The van der Waals surface area contributed by atoms with Gasteiger partial charge in [-0.1, -0.05) is 35.9 Å². The molecule has 2 atom stereocenters. The van der Waals surface area contributed by atoms with Gasteiger partial charge in [-0.25, -0.2) is 0 Å². The number of fused-ring (bicyclic) bond motifs is 3. The van der Waals surface area contributed by atoms with Gasteiger partial charge in [-0.3, -0.25) is 14.4 Å². The quantitative estimate of drug-likeness (QED) is 0.247. The monoisotopic (exact) mass is 598 g/mol. The SMILES string of the molecule is Cc1sc2c(c1C)C(c1ccc(Cl)cc1)=N[C@@H](CC(=O)Nc1ccc(CCC(N)CO)cc1)c1nnc(C)n1-2.Cl. The van der Waals surface area contributed by atoms with Gasteiger partial charge in [0.2, 0.25) is 5.91 Å². The van der Waals surface area contributed by atoms with Crippen LogP contribution in [0.2, 0.25) is 5.02 Å². The lowest BCUT2D eigenvalue weighted by Crippen LogP contribution is -2.24. The molecule has 210 valence electrons. The highest BCUT2D eigenvalue weighted by molar-refractivity contribution is 7.15. The third-order valence-corrected chi connectivity index (χ3v) is 8.46. The average molecular weight is 600 g/mol. The van der Waals surface area contributed by atoms with Gasteiger partial charge in [0.25, 0.3) is 0 Å². The molecule has 0 saturated heterocycles. The van der Waals surface area contributed by atoms with Crippen LogP contribution in [0.1, 0.15) is 57.7 Å². The van der Waals surface area contributed by atoms with Gasteiger partial charge >= 0.3 is 0 Å². The number of halogens is 2. The number of hydrogen-bond acceptors (Lipinski definition) is 7. The molecule has 5 rings (SSSR count). The number of nitrogens with two attached hydrogens (primary N) is 1. The van der Waals surface area contributed by atoms with Crippen molar-refractivity contribution >= 4 is 52.7 Å². The van der Waals surface area contributed by atoms with Crippen LogP contribution in [-0.4, -0.2) is 44.1 Å². The van der Waals surface area contributed by atoms with E-state index in [0.717, 1.165) is 45.2 Å². The van der Waals surface area contributed by atoms with Crippen LogP contribution in [0.5, 0.6) is 0 Å². The minimum absolute atomic E-state index is 0. The summed E-state index contributed by atoms with van der Waals surface area (Å²) in [6.07, 6.45) is 1.57. The Bertz CT molecular complexity index is 1530. The zero-order chi connectivity index (χ0) is 27.7. The van der Waals surface area contributed by atoms with Crippen molar-refractivity contribution in [2.75, 3.05) is 11.9 Å². The molecule has 0 bridgehead atoms. The van der Waals surface area contributed by atoms with Crippen LogP contribution >= 0.6 is 35.3 Å². The first kappa shape index (κ1) is 29.9. The first-order valence-corrected chi connectivity index (χ1v) is 14.1. The highest BCUT2D eigenvalue weighted by Gasteiger charge is 2.32. The van der Waals surface area contributed by atoms with Crippen LogP contribution in [0.3, 0.4) is 0 Å². The molecule has 0 fully saturated rings. The number of aromatic nitrogens is 3. The van der Waals surface area contributed by atoms with Gasteiger partial charge in [0.05, 0.1) is 18.7 Å². The lowest BCUT2D eigenvalue weighted by molar-refractivity contribution is -0.116. The van der Waals surface area contributed by atoms with Gasteiger partial charge in [-0.2, -0.15) is 0 Å². The summed E-state index contributed by atoms with van der Waals surface area (Å²) in [6, 6.07) is 14.6. The normalized spacial score (nSPS) is 14.8. The molecule has 8 nitrogen and oxygen atoms in total. The van der Waals surface area contributed by atoms with Gasteiger partial charge in [-0.15, -0.1) is 33.9 Å². The Hall–Kier alpha value is -3.08. The fourth-order valence-electron chi connectivity index (χ4n) is 4.72. The average Bonchev–Trinajstić information content (AvgIpc) is 3.40. The van der Waals surface area contributed by atoms with Crippen LogP contribution in [-0.2, 0) is 11.2 Å². The standard InChI is InChI=1S/C29H31ClN6O2S.ClH/c1-16-17(2)39-29-26(16)27(20-7-9-21(30)10-8-20)33-24(28-35-34-18(3)36(28)29)14-25(38)32-23-12-5-19(6-13-23)4-11-22(31)15-37;/h5-10,12-13,22,24,37H,4,11,14-15,31H2,1-3H3,(H,32,38);1H/t22?,24-;/m0./s1. The Morgan fingerprint density at radius 2 is 1.82 bits per heavy atom. The zero-order valence-electron chi connectivity index (χ0n) is 22.5. The number of nitrogens with one attached hydrogen (secondary N) is 1. The first-order chi connectivity index (χ1) is 18.7. The summed E-state index contributed by atoms with van der Waals surface area (Å²) < 4.78 is 2.04. The largest absolute Gasteiger partial charge is 0.395 e. The number of carbonyl (C=O) groups excluding carboxylic acids is 1.